The Balaban J connectivity index is 2.11. The van der Waals surface area contributed by atoms with Gasteiger partial charge in [-0.25, -0.2) is 0 Å². The molecule has 0 aromatic heterocycles. The first-order chi connectivity index (χ1) is 9.72. The molecule has 0 fully saturated rings. The van der Waals surface area contributed by atoms with Crippen molar-refractivity contribution in [1.29, 1.82) is 5.26 Å². The van der Waals surface area contributed by atoms with Gasteiger partial charge in [-0.1, -0.05) is 22.8 Å². The van der Waals surface area contributed by atoms with Crippen molar-refractivity contribution in [1.82, 2.24) is 0 Å². The summed E-state index contributed by atoms with van der Waals surface area (Å²) >= 11 is 6.05. The minimum Gasteiger partial charge on any atom is -0.489 e. The summed E-state index contributed by atoms with van der Waals surface area (Å²) in [6.45, 7) is 0.250. The predicted molar refractivity (Wildman–Crippen MR) is 75.7 cm³/mol. The minimum absolute atomic E-state index is 0.250. The van der Waals surface area contributed by atoms with Gasteiger partial charge in [0.15, 0.2) is 0 Å². The molecule has 0 aliphatic rings. The molecule has 0 saturated carbocycles. The maximum Gasteiger partial charge on any atom is 0.119 e. The van der Waals surface area contributed by atoms with Gasteiger partial charge in [0.25, 0.3) is 0 Å². The maximum atomic E-state index is 8.71. The van der Waals surface area contributed by atoms with Crippen LogP contribution in [0, 0.1) is 11.3 Å². The van der Waals surface area contributed by atoms with Gasteiger partial charge in [0, 0.05) is 21.2 Å². The fraction of sp³-hybridized carbons (Fsp3) is 0.0714. The first-order valence-electron chi connectivity index (χ1n) is 5.69. The molecule has 98 valence electrons. The van der Waals surface area contributed by atoms with E-state index in [1.54, 1.807) is 42.5 Å². The number of benzene rings is 2. The van der Waals surface area contributed by atoms with Crippen molar-refractivity contribution in [2.24, 2.45) is 5.11 Å². The molecule has 5 nitrogen and oxygen atoms in total. The van der Waals surface area contributed by atoms with Gasteiger partial charge < -0.3 is 4.74 Å². The van der Waals surface area contributed by atoms with Gasteiger partial charge in [0.05, 0.1) is 11.6 Å². The van der Waals surface area contributed by atoms with Crippen LogP contribution < -0.4 is 4.74 Å². The van der Waals surface area contributed by atoms with Crippen LogP contribution in [0.25, 0.3) is 10.4 Å². The molecule has 0 radical (unpaired) electrons. The first-order valence-corrected chi connectivity index (χ1v) is 6.07. The molecular formula is C14H9ClN4O. The van der Waals surface area contributed by atoms with E-state index in [9.17, 15) is 0 Å². The zero-order chi connectivity index (χ0) is 14.4. The molecule has 2 rings (SSSR count). The molecule has 6 heteroatoms. The molecule has 0 aliphatic carbocycles. The number of ether oxygens (including phenoxy) is 1. The number of hydrogen-bond acceptors (Lipinski definition) is 3. The molecular weight excluding hydrogens is 276 g/mol. The summed E-state index contributed by atoms with van der Waals surface area (Å²) in [5, 5.41) is 12.8. The first kappa shape index (κ1) is 13.8. The lowest BCUT2D eigenvalue weighted by molar-refractivity contribution is 0.306. The molecule has 0 aliphatic heterocycles. The van der Waals surface area contributed by atoms with Crippen molar-refractivity contribution in [2.75, 3.05) is 0 Å². The third-order valence-corrected chi connectivity index (χ3v) is 2.94. The largest absolute Gasteiger partial charge is 0.489 e. The van der Waals surface area contributed by atoms with E-state index in [0.29, 0.717) is 22.0 Å². The van der Waals surface area contributed by atoms with Gasteiger partial charge in [0.1, 0.15) is 12.4 Å². The molecule has 0 N–H and O–H groups in total. The topological polar surface area (TPSA) is 81.8 Å². The predicted octanol–water partition coefficient (Wildman–Crippen LogP) is 4.73. The van der Waals surface area contributed by atoms with Gasteiger partial charge in [-0.3, -0.25) is 0 Å². The van der Waals surface area contributed by atoms with E-state index < -0.39 is 0 Å². The average molecular weight is 285 g/mol. The number of nitrogens with zero attached hydrogens (tertiary/aromatic N) is 4. The van der Waals surface area contributed by atoms with Crippen LogP contribution in [0.3, 0.4) is 0 Å². The van der Waals surface area contributed by atoms with Crippen molar-refractivity contribution in [3.63, 3.8) is 0 Å². The second-order valence-corrected chi connectivity index (χ2v) is 4.30. The van der Waals surface area contributed by atoms with E-state index in [0.717, 1.165) is 5.56 Å². The third-order valence-electron chi connectivity index (χ3n) is 2.57. The van der Waals surface area contributed by atoms with Crippen molar-refractivity contribution in [3.05, 3.63) is 69.1 Å². The normalized spacial score (nSPS) is 9.40. The monoisotopic (exact) mass is 284 g/mol. The highest BCUT2D eigenvalue weighted by molar-refractivity contribution is 6.31. The lowest BCUT2D eigenvalue weighted by Crippen LogP contribution is -1.96. The quantitative estimate of drug-likeness (QED) is 0.462. The Morgan fingerprint density at radius 2 is 2.00 bits per heavy atom. The van der Waals surface area contributed by atoms with Crippen LogP contribution in [0.4, 0.5) is 5.69 Å². The van der Waals surface area contributed by atoms with Crippen LogP contribution in [0.15, 0.2) is 47.6 Å². The Morgan fingerprint density at radius 1 is 1.25 bits per heavy atom. The number of halogens is 1. The summed E-state index contributed by atoms with van der Waals surface area (Å²) in [7, 11) is 0. The zero-order valence-corrected chi connectivity index (χ0v) is 11.1. The highest BCUT2D eigenvalue weighted by Crippen LogP contribution is 2.24. The Hall–Kier alpha value is -2.67. The Morgan fingerprint density at radius 3 is 2.65 bits per heavy atom. The van der Waals surface area contributed by atoms with E-state index in [4.69, 9.17) is 27.1 Å². The average Bonchev–Trinajstić information content (AvgIpc) is 2.48. The lowest BCUT2D eigenvalue weighted by atomic mass is 10.2. The minimum atomic E-state index is 0.250. The molecule has 0 unspecified atom stereocenters. The number of hydrogen-bond donors (Lipinski definition) is 0. The lowest BCUT2D eigenvalue weighted by Gasteiger charge is -2.08. The molecule has 0 amide bonds. The van der Waals surface area contributed by atoms with Crippen LogP contribution in [0.2, 0.25) is 5.02 Å². The summed E-state index contributed by atoms with van der Waals surface area (Å²) in [5.41, 5.74) is 10.2. The molecule has 0 bridgehead atoms. The second kappa shape index (κ2) is 6.48. The van der Waals surface area contributed by atoms with E-state index >= 15 is 0 Å². The van der Waals surface area contributed by atoms with Crippen LogP contribution in [-0.4, -0.2) is 0 Å². The van der Waals surface area contributed by atoms with Crippen molar-refractivity contribution in [2.45, 2.75) is 6.61 Å². The summed E-state index contributed by atoms with van der Waals surface area (Å²) in [4.78, 5) is 2.72. The molecule has 0 heterocycles. The molecule has 20 heavy (non-hydrogen) atoms. The van der Waals surface area contributed by atoms with Crippen LogP contribution >= 0.6 is 11.6 Å². The standard InChI is InChI=1S/C14H9ClN4O/c15-14-6-3-12(18-19-17)7-11(14)9-20-13-4-1-10(8-16)2-5-13/h1-7H,9H2. The van der Waals surface area contributed by atoms with Gasteiger partial charge in [-0.05, 0) is 41.9 Å². The Kier molecular flexibility index (Phi) is 4.46. The number of nitriles is 1. The molecule has 0 saturated heterocycles. The SMILES string of the molecule is N#Cc1ccc(OCc2cc(N=[N+]=[N-])ccc2Cl)cc1. The molecule has 2 aromatic carbocycles. The molecule has 0 spiro atoms. The van der Waals surface area contributed by atoms with Crippen LogP contribution in [0.1, 0.15) is 11.1 Å². The second-order valence-electron chi connectivity index (χ2n) is 3.89. The summed E-state index contributed by atoms with van der Waals surface area (Å²) in [6.07, 6.45) is 0. The number of rotatable bonds is 4. The fourth-order valence-corrected chi connectivity index (χ4v) is 1.74. The third kappa shape index (κ3) is 3.42. The van der Waals surface area contributed by atoms with E-state index in [1.807, 2.05) is 6.07 Å². The van der Waals surface area contributed by atoms with Crippen LogP contribution in [-0.2, 0) is 6.61 Å². The fourth-order valence-electron chi connectivity index (χ4n) is 1.57. The van der Waals surface area contributed by atoms with E-state index in [1.165, 1.54) is 0 Å². The van der Waals surface area contributed by atoms with Gasteiger partial charge in [-0.15, -0.1) is 0 Å². The summed E-state index contributed by atoms with van der Waals surface area (Å²) in [5.74, 6) is 0.634. The van der Waals surface area contributed by atoms with E-state index in [2.05, 4.69) is 10.0 Å². The Labute approximate surface area is 120 Å². The van der Waals surface area contributed by atoms with Crippen LogP contribution in [0.5, 0.6) is 5.75 Å². The van der Waals surface area contributed by atoms with E-state index in [-0.39, 0.29) is 6.61 Å². The van der Waals surface area contributed by atoms with Crippen molar-refractivity contribution < 1.29 is 4.74 Å². The summed E-state index contributed by atoms with van der Waals surface area (Å²) < 4.78 is 5.58. The van der Waals surface area contributed by atoms with Gasteiger partial charge >= 0.3 is 0 Å². The highest BCUT2D eigenvalue weighted by atomic mass is 35.5. The van der Waals surface area contributed by atoms with Gasteiger partial charge in [0.2, 0.25) is 0 Å². The number of azide groups is 1. The Bertz CT molecular complexity index is 700. The van der Waals surface area contributed by atoms with Gasteiger partial charge in [-0.2, -0.15) is 5.26 Å². The van der Waals surface area contributed by atoms with Crippen molar-refractivity contribution >= 4 is 17.3 Å². The van der Waals surface area contributed by atoms with Crippen molar-refractivity contribution in [3.8, 4) is 11.8 Å². The molecule has 0 atom stereocenters. The highest BCUT2D eigenvalue weighted by Gasteiger charge is 2.03. The maximum absolute atomic E-state index is 8.71. The smallest absolute Gasteiger partial charge is 0.119 e. The zero-order valence-electron chi connectivity index (χ0n) is 10.3. The molecule has 2 aromatic rings. The summed E-state index contributed by atoms with van der Waals surface area (Å²) in [6, 6.07) is 13.8.